The molecule has 0 aliphatic carbocycles. The molecule has 27 heavy (non-hydrogen) atoms. The van der Waals surface area contributed by atoms with E-state index in [9.17, 15) is 9.90 Å². The molecule has 1 fully saturated rings. The number of ether oxygens (including phenoxy) is 1. The molecule has 1 amide bonds. The molecule has 0 radical (unpaired) electrons. The van der Waals surface area contributed by atoms with Crippen LogP contribution in [0.5, 0.6) is 5.75 Å². The van der Waals surface area contributed by atoms with Crippen molar-refractivity contribution in [3.8, 4) is 17.0 Å². The number of nitrogens with one attached hydrogen (secondary N) is 2. The van der Waals surface area contributed by atoms with Crippen molar-refractivity contribution in [1.29, 1.82) is 0 Å². The van der Waals surface area contributed by atoms with E-state index in [2.05, 4.69) is 20.7 Å². The van der Waals surface area contributed by atoms with E-state index in [4.69, 9.17) is 9.26 Å². The van der Waals surface area contributed by atoms with Gasteiger partial charge in [-0.05, 0) is 37.3 Å². The van der Waals surface area contributed by atoms with Crippen LogP contribution >= 0.6 is 0 Å². The number of hydrogen-bond acceptors (Lipinski definition) is 6. The highest BCUT2D eigenvalue weighted by molar-refractivity contribution is 5.93. The zero-order valence-corrected chi connectivity index (χ0v) is 14.8. The molecule has 1 aromatic carbocycles. The number of benzene rings is 1. The number of carbonyl (C=O) groups is 1. The number of hydrogen-bond donors (Lipinski definition) is 3. The minimum atomic E-state index is -0.234. The van der Waals surface area contributed by atoms with Crippen LogP contribution in [0.2, 0.25) is 0 Å². The number of aryl methyl sites for hydroxylation is 1. The fourth-order valence-corrected chi connectivity index (χ4v) is 3.19. The summed E-state index contributed by atoms with van der Waals surface area (Å²) in [5.41, 5.74) is 2.66. The Morgan fingerprint density at radius 2 is 2.11 bits per heavy atom. The maximum Gasteiger partial charge on any atom is 0.269 e. The van der Waals surface area contributed by atoms with Crippen molar-refractivity contribution in [2.45, 2.75) is 19.4 Å². The topological polar surface area (TPSA) is 113 Å². The van der Waals surface area contributed by atoms with Crippen LogP contribution in [0.4, 0.5) is 0 Å². The van der Waals surface area contributed by atoms with Crippen molar-refractivity contribution in [3.05, 3.63) is 53.5 Å². The molecular weight excluding hydrogens is 348 g/mol. The van der Waals surface area contributed by atoms with Gasteiger partial charge in [-0.15, -0.1) is 0 Å². The molecule has 2 aromatic heterocycles. The summed E-state index contributed by atoms with van der Waals surface area (Å²) in [7, 11) is 0. The average molecular weight is 368 g/mol. The van der Waals surface area contributed by atoms with Gasteiger partial charge >= 0.3 is 0 Å². The van der Waals surface area contributed by atoms with Crippen molar-refractivity contribution >= 4 is 5.91 Å². The number of carbonyl (C=O) groups excluding carboxylic acids is 1. The molecule has 3 heterocycles. The highest BCUT2D eigenvalue weighted by atomic mass is 16.5. The molecular formula is C19H20N4O4. The van der Waals surface area contributed by atoms with Crippen LogP contribution in [0.25, 0.3) is 11.3 Å². The first-order chi connectivity index (χ1) is 13.1. The van der Waals surface area contributed by atoms with Gasteiger partial charge in [-0.1, -0.05) is 5.16 Å². The lowest BCUT2D eigenvalue weighted by Crippen LogP contribution is -2.40. The molecule has 1 aliphatic rings. The Hall–Kier alpha value is -3.13. The number of nitrogens with zero attached hydrogens (tertiary/aromatic N) is 2. The van der Waals surface area contributed by atoms with Crippen LogP contribution in [0, 0.1) is 12.8 Å². The molecule has 140 valence electrons. The first kappa shape index (κ1) is 17.3. The predicted molar refractivity (Wildman–Crippen MR) is 96.2 cm³/mol. The molecule has 8 heteroatoms. The zero-order chi connectivity index (χ0) is 18.8. The molecule has 0 spiro atoms. The Kier molecular flexibility index (Phi) is 4.64. The van der Waals surface area contributed by atoms with Crippen LogP contribution < -0.4 is 5.32 Å². The number of aromatic nitrogens is 3. The van der Waals surface area contributed by atoms with Crippen molar-refractivity contribution in [2.75, 3.05) is 13.2 Å². The van der Waals surface area contributed by atoms with Crippen molar-refractivity contribution in [3.63, 3.8) is 0 Å². The lowest BCUT2D eigenvalue weighted by Gasteiger charge is -2.17. The number of phenolic OH excluding ortho intramolecular Hbond substituents is 1. The first-order valence-electron chi connectivity index (χ1n) is 8.74. The van der Waals surface area contributed by atoms with Crippen LogP contribution in [0.1, 0.15) is 21.9 Å². The third-order valence-corrected chi connectivity index (χ3v) is 4.64. The molecule has 1 saturated heterocycles. The van der Waals surface area contributed by atoms with Gasteiger partial charge in [0.2, 0.25) is 0 Å². The van der Waals surface area contributed by atoms with E-state index in [1.165, 1.54) is 0 Å². The van der Waals surface area contributed by atoms with E-state index in [1.807, 2.05) is 13.0 Å². The second kappa shape index (κ2) is 7.24. The summed E-state index contributed by atoms with van der Waals surface area (Å²) < 4.78 is 10.8. The molecule has 3 aromatic rings. The van der Waals surface area contributed by atoms with E-state index >= 15 is 0 Å². The molecule has 8 nitrogen and oxygen atoms in total. The second-order valence-electron chi connectivity index (χ2n) is 6.73. The van der Waals surface area contributed by atoms with Gasteiger partial charge in [-0.25, -0.2) is 0 Å². The lowest BCUT2D eigenvalue weighted by atomic mass is 9.98. The second-order valence-corrected chi connectivity index (χ2v) is 6.73. The number of H-pyrrole nitrogens is 1. The lowest BCUT2D eigenvalue weighted by molar-refractivity contribution is 0.0919. The van der Waals surface area contributed by atoms with Gasteiger partial charge in [0.05, 0.1) is 30.6 Å². The Labute approximate surface area is 155 Å². The average Bonchev–Trinajstić information content (AvgIpc) is 3.38. The Bertz CT molecular complexity index is 931. The van der Waals surface area contributed by atoms with Gasteiger partial charge in [-0.2, -0.15) is 5.10 Å². The van der Waals surface area contributed by atoms with Crippen LogP contribution in [-0.2, 0) is 11.2 Å². The maximum absolute atomic E-state index is 12.6. The highest BCUT2D eigenvalue weighted by Gasteiger charge is 2.31. The zero-order valence-electron chi connectivity index (χ0n) is 14.8. The predicted octanol–water partition coefficient (Wildman–Crippen LogP) is 2.07. The maximum atomic E-state index is 12.6. The summed E-state index contributed by atoms with van der Waals surface area (Å²) in [6.07, 6.45) is 0.660. The molecule has 0 unspecified atom stereocenters. The summed E-state index contributed by atoms with van der Waals surface area (Å²) in [4.78, 5) is 12.6. The van der Waals surface area contributed by atoms with Crippen molar-refractivity contribution in [2.24, 2.45) is 5.92 Å². The molecule has 0 saturated carbocycles. The summed E-state index contributed by atoms with van der Waals surface area (Å²) >= 11 is 0. The smallest absolute Gasteiger partial charge is 0.269 e. The van der Waals surface area contributed by atoms with Crippen molar-refractivity contribution in [1.82, 2.24) is 20.7 Å². The summed E-state index contributed by atoms with van der Waals surface area (Å²) in [5, 5.41) is 23.2. The molecule has 2 atom stereocenters. The Morgan fingerprint density at radius 1 is 1.30 bits per heavy atom. The SMILES string of the molecule is Cc1cc(C[C@@H]2COC[C@@H]2NC(=O)c2cc(-c3ccc(O)cc3)n[nH]2)on1. The van der Waals surface area contributed by atoms with Gasteiger partial charge in [0.25, 0.3) is 5.91 Å². The van der Waals surface area contributed by atoms with Crippen LogP contribution in [-0.4, -0.2) is 45.6 Å². The van der Waals surface area contributed by atoms with Crippen LogP contribution in [0.15, 0.2) is 40.9 Å². The summed E-state index contributed by atoms with van der Waals surface area (Å²) in [6.45, 7) is 2.90. The molecule has 3 N–H and O–H groups in total. The van der Waals surface area contributed by atoms with E-state index in [0.29, 0.717) is 31.0 Å². The fourth-order valence-electron chi connectivity index (χ4n) is 3.19. The largest absolute Gasteiger partial charge is 0.508 e. The van der Waals surface area contributed by atoms with Crippen LogP contribution in [0.3, 0.4) is 0 Å². The minimum absolute atomic E-state index is 0.108. The van der Waals surface area contributed by atoms with Gasteiger partial charge < -0.3 is 19.7 Å². The molecule has 4 rings (SSSR count). The van der Waals surface area contributed by atoms with Gasteiger partial charge in [-0.3, -0.25) is 9.89 Å². The number of rotatable bonds is 5. The van der Waals surface area contributed by atoms with Gasteiger partial charge in [0, 0.05) is 24.0 Å². The number of amides is 1. The normalized spacial score (nSPS) is 19.3. The van der Waals surface area contributed by atoms with E-state index in [0.717, 1.165) is 17.0 Å². The Morgan fingerprint density at radius 3 is 2.85 bits per heavy atom. The monoisotopic (exact) mass is 368 g/mol. The van der Waals surface area contributed by atoms with Gasteiger partial charge in [0.1, 0.15) is 17.2 Å². The number of phenols is 1. The fraction of sp³-hybridized carbons (Fsp3) is 0.316. The molecule has 0 bridgehead atoms. The Balaban J connectivity index is 1.41. The molecule has 1 aliphatic heterocycles. The van der Waals surface area contributed by atoms with E-state index in [-0.39, 0.29) is 23.6 Å². The van der Waals surface area contributed by atoms with E-state index in [1.54, 1.807) is 30.3 Å². The first-order valence-corrected chi connectivity index (χ1v) is 8.74. The number of aromatic hydroxyl groups is 1. The standard InChI is InChI=1S/C19H20N4O4/c1-11-6-15(27-23-11)7-13-9-26-10-18(13)20-19(25)17-8-16(21-22-17)12-2-4-14(24)5-3-12/h2-6,8,13,18,24H,7,9-10H2,1H3,(H,20,25)(H,21,22)/t13-,18+/m1/s1. The summed E-state index contributed by atoms with van der Waals surface area (Å²) in [6, 6.07) is 10.1. The third kappa shape index (κ3) is 3.85. The minimum Gasteiger partial charge on any atom is -0.508 e. The van der Waals surface area contributed by atoms with Crippen molar-refractivity contribution < 1.29 is 19.2 Å². The quantitative estimate of drug-likeness (QED) is 0.635. The number of aromatic amines is 1. The highest BCUT2D eigenvalue weighted by Crippen LogP contribution is 2.22. The van der Waals surface area contributed by atoms with Gasteiger partial charge in [0.15, 0.2) is 0 Å². The third-order valence-electron chi connectivity index (χ3n) is 4.64. The van der Waals surface area contributed by atoms with E-state index < -0.39 is 0 Å². The summed E-state index contributed by atoms with van der Waals surface area (Å²) in [5.74, 6) is 0.863.